The Labute approximate surface area is 306 Å². The third-order valence-electron chi connectivity index (χ3n) is 8.83. The van der Waals surface area contributed by atoms with Gasteiger partial charge in [-0.2, -0.15) is 13.2 Å². The van der Waals surface area contributed by atoms with Crippen LogP contribution in [0, 0.1) is 5.41 Å². The molecule has 1 aromatic rings. The van der Waals surface area contributed by atoms with Crippen LogP contribution in [0.4, 0.5) is 13.2 Å². The molecular weight excluding hydrogens is 701 g/mol. The maximum atomic E-state index is 13.7. The molecular formula is C36H49F3N6O8. The van der Waals surface area contributed by atoms with Crippen LogP contribution in [0.3, 0.4) is 0 Å². The first-order valence-electron chi connectivity index (χ1n) is 16.8. The zero-order valence-corrected chi connectivity index (χ0v) is 31.1. The number of alkyl halides is 3. The smallest absolute Gasteiger partial charge is 0.416 e. The van der Waals surface area contributed by atoms with E-state index in [0.29, 0.717) is 0 Å². The van der Waals surface area contributed by atoms with Gasteiger partial charge in [-0.05, 0) is 37.4 Å². The number of carboxylic acids is 1. The summed E-state index contributed by atoms with van der Waals surface area (Å²) in [5.74, 6) is -4.84. The van der Waals surface area contributed by atoms with Crippen molar-refractivity contribution in [3.05, 3.63) is 59.2 Å². The predicted molar refractivity (Wildman–Crippen MR) is 188 cm³/mol. The van der Waals surface area contributed by atoms with E-state index in [4.69, 9.17) is 0 Å². The molecule has 5 N–H and O–H groups in total. The van der Waals surface area contributed by atoms with Crippen LogP contribution in [0.2, 0.25) is 0 Å². The van der Waals surface area contributed by atoms with Gasteiger partial charge in [-0.3, -0.25) is 33.7 Å². The topological polar surface area (TPSA) is 194 Å². The van der Waals surface area contributed by atoms with E-state index in [2.05, 4.69) is 21.3 Å². The summed E-state index contributed by atoms with van der Waals surface area (Å²) in [5, 5.41) is 20.1. The van der Waals surface area contributed by atoms with Crippen LogP contribution < -0.4 is 21.3 Å². The van der Waals surface area contributed by atoms with Gasteiger partial charge >= 0.3 is 12.1 Å². The van der Waals surface area contributed by atoms with E-state index in [1.165, 1.54) is 44.1 Å². The van der Waals surface area contributed by atoms with Crippen molar-refractivity contribution in [3.8, 4) is 0 Å². The first-order chi connectivity index (χ1) is 24.4. The minimum atomic E-state index is -4.58. The number of nitrogens with zero attached hydrogens (tertiary/aromatic N) is 2. The fraction of sp³-hybridized carbons (Fsp3) is 0.528. The summed E-state index contributed by atoms with van der Waals surface area (Å²) >= 11 is 0. The number of hydrogen-bond donors (Lipinski definition) is 5. The molecule has 17 heteroatoms. The summed E-state index contributed by atoms with van der Waals surface area (Å²) in [5.41, 5.74) is -2.49. The minimum Gasteiger partial charge on any atom is -0.480 e. The van der Waals surface area contributed by atoms with E-state index in [1.807, 2.05) is 0 Å². The molecule has 1 aromatic carbocycles. The molecule has 0 spiro atoms. The van der Waals surface area contributed by atoms with Gasteiger partial charge in [0.25, 0.3) is 11.8 Å². The Morgan fingerprint density at radius 1 is 0.943 bits per heavy atom. The van der Waals surface area contributed by atoms with E-state index in [-0.39, 0.29) is 43.6 Å². The molecule has 14 nitrogen and oxygen atoms in total. The lowest BCUT2D eigenvalue weighted by Gasteiger charge is -2.38. The Morgan fingerprint density at radius 3 is 2.06 bits per heavy atom. The Bertz CT molecular complexity index is 1610. The molecule has 0 radical (unpaired) electrons. The summed E-state index contributed by atoms with van der Waals surface area (Å²) in [6.45, 7) is 9.62. The lowest BCUT2D eigenvalue weighted by Crippen LogP contribution is -2.60. The third-order valence-corrected chi connectivity index (χ3v) is 8.83. The maximum Gasteiger partial charge on any atom is 0.416 e. The number of benzene rings is 1. The first-order valence-corrected chi connectivity index (χ1v) is 16.8. The molecule has 1 aliphatic heterocycles. The molecule has 0 aromatic heterocycles. The van der Waals surface area contributed by atoms with Gasteiger partial charge in [-0.1, -0.05) is 58.9 Å². The number of nitrogens with one attached hydrogen (secondary N) is 4. The van der Waals surface area contributed by atoms with Gasteiger partial charge in [-0.15, -0.1) is 0 Å². The lowest BCUT2D eigenvalue weighted by atomic mass is 9.76. The molecule has 2 rings (SSSR count). The highest BCUT2D eigenvalue weighted by atomic mass is 19.4. The van der Waals surface area contributed by atoms with E-state index in [1.54, 1.807) is 34.6 Å². The van der Waals surface area contributed by atoms with Crippen molar-refractivity contribution >= 4 is 41.4 Å². The highest BCUT2D eigenvalue weighted by Gasteiger charge is 2.41. The number of imide groups is 1. The number of carbonyl (C=O) groups is 7. The summed E-state index contributed by atoms with van der Waals surface area (Å²) in [6.07, 6.45) is -1.50. The van der Waals surface area contributed by atoms with Gasteiger partial charge in [0.05, 0.1) is 11.6 Å². The number of aliphatic carboxylic acids is 1. The molecule has 0 fully saturated rings. The molecule has 1 aliphatic rings. The number of carboxylic acid groups (broad SMARTS) is 1. The van der Waals surface area contributed by atoms with Crippen molar-refractivity contribution in [2.75, 3.05) is 33.7 Å². The fourth-order valence-corrected chi connectivity index (χ4v) is 5.49. The second-order valence-electron chi connectivity index (χ2n) is 14.3. The van der Waals surface area contributed by atoms with Crippen molar-refractivity contribution in [1.82, 2.24) is 31.1 Å². The van der Waals surface area contributed by atoms with E-state index >= 15 is 0 Å². The van der Waals surface area contributed by atoms with Crippen LogP contribution >= 0.6 is 0 Å². The number of carbonyl (C=O) groups excluding carboxylic acids is 6. The molecule has 0 bridgehead atoms. The van der Waals surface area contributed by atoms with Gasteiger partial charge in [0.15, 0.2) is 0 Å². The molecule has 0 aliphatic carbocycles. The second-order valence-corrected chi connectivity index (χ2v) is 14.3. The third kappa shape index (κ3) is 12.3. The second kappa shape index (κ2) is 18.1. The average molecular weight is 751 g/mol. The van der Waals surface area contributed by atoms with Gasteiger partial charge in [0.2, 0.25) is 23.6 Å². The molecule has 1 unspecified atom stereocenters. The number of halogens is 3. The van der Waals surface area contributed by atoms with Gasteiger partial charge < -0.3 is 31.3 Å². The standard InChI is InChI=1S/C36H49F3N6O8/c1-21(30(49)42-24(33(52)53)12-13-25(46)41-17-19-45-26(47)14-15-27(45)48)16-18-44(8)32(51)29(34(2,3)4)43-31(50)28(40-7)35(5,6)22-10-9-11-23(20-22)36(37,38)39/h9-11,14-16,20,24,28-29,40H,12-13,17-19H2,1-8H3,(H,41,46)(H,42,49)(H,43,50)(H,52,53)/b21-16+/t24-,28-,29?/m1/s1. The minimum absolute atomic E-state index is 0.0379. The molecule has 53 heavy (non-hydrogen) atoms. The monoisotopic (exact) mass is 750 g/mol. The van der Waals surface area contributed by atoms with Crippen molar-refractivity contribution in [2.24, 2.45) is 5.41 Å². The van der Waals surface area contributed by atoms with Crippen LogP contribution in [0.5, 0.6) is 0 Å². The van der Waals surface area contributed by atoms with Crippen molar-refractivity contribution in [3.63, 3.8) is 0 Å². The number of amides is 6. The van der Waals surface area contributed by atoms with Crippen LogP contribution in [0.1, 0.15) is 65.5 Å². The van der Waals surface area contributed by atoms with Crippen LogP contribution in [0.15, 0.2) is 48.1 Å². The summed E-state index contributed by atoms with van der Waals surface area (Å²) in [4.78, 5) is 89.6. The van der Waals surface area contributed by atoms with Crippen LogP contribution in [-0.2, 0) is 45.2 Å². The van der Waals surface area contributed by atoms with Gasteiger partial charge in [0, 0.05) is 56.2 Å². The lowest BCUT2D eigenvalue weighted by molar-refractivity contribution is -0.142. The molecule has 0 saturated heterocycles. The SMILES string of the molecule is CN[C@H](C(=O)NC(C(=O)N(C)C/C=C(\C)C(=O)N[C@H](CCC(=O)NCCN1C(=O)C=CC1=O)C(=O)O)C(C)(C)C)C(C)(C)c1cccc(C(F)(F)F)c1. The van der Waals surface area contributed by atoms with Gasteiger partial charge in [0.1, 0.15) is 12.1 Å². The number of rotatable bonds is 17. The largest absolute Gasteiger partial charge is 0.480 e. The van der Waals surface area contributed by atoms with E-state index in [9.17, 15) is 51.8 Å². The summed E-state index contributed by atoms with van der Waals surface area (Å²) < 4.78 is 40.3. The Balaban J connectivity index is 2.05. The molecule has 0 saturated carbocycles. The Morgan fingerprint density at radius 2 is 1.53 bits per heavy atom. The van der Waals surface area contributed by atoms with E-state index in [0.717, 1.165) is 29.2 Å². The summed E-state index contributed by atoms with van der Waals surface area (Å²) in [6, 6.07) is 1.14. The zero-order valence-electron chi connectivity index (χ0n) is 31.1. The van der Waals surface area contributed by atoms with Crippen LogP contribution in [0.25, 0.3) is 0 Å². The molecule has 1 heterocycles. The molecule has 3 atom stereocenters. The highest BCUT2D eigenvalue weighted by molar-refractivity contribution is 6.12. The van der Waals surface area contributed by atoms with Gasteiger partial charge in [-0.25, -0.2) is 4.79 Å². The average Bonchev–Trinajstić information content (AvgIpc) is 3.38. The normalized spacial score (nSPS) is 15.5. The predicted octanol–water partition coefficient (Wildman–Crippen LogP) is 1.90. The molecule has 292 valence electrons. The van der Waals surface area contributed by atoms with Crippen molar-refractivity contribution < 1.29 is 51.8 Å². The zero-order chi connectivity index (χ0) is 40.5. The van der Waals surface area contributed by atoms with Crippen molar-refractivity contribution in [2.45, 2.75) is 84.1 Å². The molecule has 6 amide bonds. The van der Waals surface area contributed by atoms with Crippen molar-refractivity contribution in [1.29, 1.82) is 0 Å². The van der Waals surface area contributed by atoms with E-state index < -0.39 is 82.1 Å². The first kappa shape index (κ1) is 44.1. The Hall–Kier alpha value is -5.06. The Kier molecular flexibility index (Phi) is 15.1. The fourth-order valence-electron chi connectivity index (χ4n) is 5.49. The number of likely N-dealkylation sites (N-methyl/N-ethyl adjacent to an activating group) is 2. The maximum absolute atomic E-state index is 13.7. The number of hydrogen-bond acceptors (Lipinski definition) is 8. The van der Waals surface area contributed by atoms with Crippen LogP contribution in [-0.4, -0.2) is 108 Å². The quantitative estimate of drug-likeness (QED) is 0.117. The highest BCUT2D eigenvalue weighted by Crippen LogP contribution is 2.34. The summed E-state index contributed by atoms with van der Waals surface area (Å²) in [7, 11) is 2.94.